The minimum Gasteiger partial charge on any atom is -0.460 e. The van der Waals surface area contributed by atoms with E-state index < -0.39 is 0 Å². The summed E-state index contributed by atoms with van der Waals surface area (Å²) < 4.78 is 42.2. The summed E-state index contributed by atoms with van der Waals surface area (Å²) in [4.78, 5) is 25.6. The van der Waals surface area contributed by atoms with Gasteiger partial charge in [-0.1, -0.05) is 50.7 Å². The van der Waals surface area contributed by atoms with Crippen molar-refractivity contribution in [2.75, 3.05) is 27.4 Å². The molecule has 1 spiro atoms. The summed E-state index contributed by atoms with van der Waals surface area (Å²) in [5, 5.41) is 0. The Labute approximate surface area is 290 Å². The minimum atomic E-state index is -0.335. The fraction of sp³-hybridized carbons (Fsp3) is 0.897. The zero-order valence-electron chi connectivity index (χ0n) is 31.1. The highest BCUT2D eigenvalue weighted by atomic mass is 16.6. The molecule has 9 nitrogen and oxygen atoms in total. The smallest absolute Gasteiger partial charge is 0.306 e. The quantitative estimate of drug-likeness (QED) is 0.0524. The first-order valence-corrected chi connectivity index (χ1v) is 19.1. The van der Waals surface area contributed by atoms with Crippen molar-refractivity contribution in [2.45, 2.75) is 185 Å². The highest BCUT2D eigenvalue weighted by molar-refractivity contribution is 5.70. The van der Waals surface area contributed by atoms with Crippen LogP contribution < -0.4 is 0 Å². The lowest BCUT2D eigenvalue weighted by Gasteiger charge is -2.42. The molecule has 0 bridgehead atoms. The Kier molecular flexibility index (Phi) is 15.2. The lowest BCUT2D eigenvalue weighted by Crippen LogP contribution is -2.55. The molecule has 0 amide bonds. The Hall–Kier alpha value is -1.52. The van der Waals surface area contributed by atoms with Crippen LogP contribution in [-0.2, 0) is 42.7 Å². The van der Waals surface area contributed by atoms with Crippen LogP contribution in [0.3, 0.4) is 0 Å². The number of ether oxygens (including phenoxy) is 7. The molecule has 0 N–H and O–H groups in total. The molecule has 4 fully saturated rings. The maximum Gasteiger partial charge on any atom is 0.306 e. The van der Waals surface area contributed by atoms with Crippen LogP contribution in [0.4, 0.5) is 0 Å². The third-order valence-corrected chi connectivity index (χ3v) is 11.4. The van der Waals surface area contributed by atoms with Gasteiger partial charge in [0, 0.05) is 39.6 Å². The van der Waals surface area contributed by atoms with Crippen molar-refractivity contribution >= 4 is 11.9 Å². The second-order valence-corrected chi connectivity index (χ2v) is 15.3. The summed E-state index contributed by atoms with van der Waals surface area (Å²) in [6.07, 6.45) is 15.6. The predicted molar refractivity (Wildman–Crippen MR) is 185 cm³/mol. The predicted octanol–water partition coefficient (Wildman–Crippen LogP) is 7.66. The monoisotopic (exact) mass is 678 g/mol. The van der Waals surface area contributed by atoms with E-state index in [4.69, 9.17) is 33.2 Å². The molecule has 2 aliphatic carbocycles. The van der Waals surface area contributed by atoms with Crippen molar-refractivity contribution in [1.82, 2.24) is 0 Å². The average molecular weight is 679 g/mol. The SMILES string of the molecule is CCCCOC(C)C1CCCC(OC(=O)CCCCCCCCC(=O)OC2CCC3(CO3)C(C3(C)OC3CC=C(C)C)C2OC)C1OC. The highest BCUT2D eigenvalue weighted by Crippen LogP contribution is 2.59. The summed E-state index contributed by atoms with van der Waals surface area (Å²) in [7, 11) is 3.43. The Morgan fingerprint density at radius 3 is 2.04 bits per heavy atom. The van der Waals surface area contributed by atoms with Gasteiger partial charge in [-0.2, -0.15) is 0 Å². The molecule has 0 aromatic heterocycles. The number of methoxy groups -OCH3 is 2. The number of rotatable bonds is 21. The van der Waals surface area contributed by atoms with Gasteiger partial charge in [0.05, 0.1) is 30.8 Å². The third-order valence-electron chi connectivity index (χ3n) is 11.4. The van der Waals surface area contributed by atoms with Gasteiger partial charge in [-0.3, -0.25) is 9.59 Å². The van der Waals surface area contributed by atoms with Crippen LogP contribution in [0.25, 0.3) is 0 Å². The molecular weight excluding hydrogens is 612 g/mol. The lowest BCUT2D eigenvalue weighted by atomic mass is 9.68. The van der Waals surface area contributed by atoms with Crippen LogP contribution in [-0.4, -0.2) is 87.2 Å². The van der Waals surface area contributed by atoms with Crippen LogP contribution in [0.5, 0.6) is 0 Å². The van der Waals surface area contributed by atoms with Crippen molar-refractivity contribution < 1.29 is 42.7 Å². The molecular formula is C39H66O9. The fourth-order valence-electron chi connectivity index (χ4n) is 8.42. The van der Waals surface area contributed by atoms with Crippen molar-refractivity contribution in [3.63, 3.8) is 0 Å². The van der Waals surface area contributed by atoms with Gasteiger partial charge in [0.15, 0.2) is 0 Å². The maximum atomic E-state index is 12.9. The molecule has 10 atom stereocenters. The van der Waals surface area contributed by atoms with Crippen LogP contribution in [0.15, 0.2) is 11.6 Å². The number of allylic oxidation sites excluding steroid dienone is 1. The standard InChI is InChI=1S/C39H66O9/c1-8-9-25-44-28(4)29-17-16-18-30(35(29)42-6)46-33(40)19-14-12-10-11-13-15-20-34(41)47-31-23-24-39(26-45-39)37(36(31)43-7)38(5)32(48-38)22-21-27(2)3/h21,28-32,35-37H,8-20,22-26H2,1-7H3. The first kappa shape index (κ1) is 39.3. The number of unbranched alkanes of at least 4 members (excludes halogenated alkanes) is 6. The molecule has 0 aromatic carbocycles. The second kappa shape index (κ2) is 18.6. The van der Waals surface area contributed by atoms with E-state index >= 15 is 0 Å². The van der Waals surface area contributed by atoms with Crippen LogP contribution in [0, 0.1) is 11.8 Å². The summed E-state index contributed by atoms with van der Waals surface area (Å²) in [5.41, 5.74) is 0.728. The van der Waals surface area contributed by atoms with Gasteiger partial charge in [0.2, 0.25) is 0 Å². The second-order valence-electron chi connectivity index (χ2n) is 15.3. The molecule has 4 aliphatic rings. The number of hydrogen-bond donors (Lipinski definition) is 0. The summed E-state index contributed by atoms with van der Waals surface area (Å²) in [6, 6.07) is 0. The summed E-state index contributed by atoms with van der Waals surface area (Å²) >= 11 is 0. The summed E-state index contributed by atoms with van der Waals surface area (Å²) in [5.74, 6) is -0.00386. The van der Waals surface area contributed by atoms with Crippen molar-refractivity contribution in [1.29, 1.82) is 0 Å². The molecule has 0 radical (unpaired) electrons. The van der Waals surface area contributed by atoms with Gasteiger partial charge < -0.3 is 33.2 Å². The number of hydrogen-bond acceptors (Lipinski definition) is 9. The zero-order valence-corrected chi connectivity index (χ0v) is 31.1. The van der Waals surface area contributed by atoms with E-state index in [1.54, 1.807) is 14.2 Å². The normalized spacial score (nSPS) is 34.8. The van der Waals surface area contributed by atoms with Crippen molar-refractivity contribution in [2.24, 2.45) is 11.8 Å². The molecule has 2 saturated carbocycles. The largest absolute Gasteiger partial charge is 0.460 e. The molecule has 2 aliphatic heterocycles. The van der Waals surface area contributed by atoms with Gasteiger partial charge in [0.25, 0.3) is 0 Å². The third kappa shape index (κ3) is 10.5. The molecule has 9 heteroatoms. The molecule has 4 rings (SSSR count). The van der Waals surface area contributed by atoms with Crippen molar-refractivity contribution in [3.05, 3.63) is 11.6 Å². The zero-order chi connectivity index (χ0) is 34.7. The van der Waals surface area contributed by atoms with E-state index in [0.717, 1.165) is 103 Å². The molecule has 2 saturated heterocycles. The topological polar surface area (TPSA) is 105 Å². The van der Waals surface area contributed by atoms with E-state index in [1.165, 1.54) is 5.57 Å². The Bertz CT molecular complexity index is 1040. The van der Waals surface area contributed by atoms with E-state index in [9.17, 15) is 9.59 Å². The lowest BCUT2D eigenvalue weighted by molar-refractivity contribution is -0.172. The summed E-state index contributed by atoms with van der Waals surface area (Å²) in [6.45, 7) is 12.1. The minimum absolute atomic E-state index is 0.0361. The Morgan fingerprint density at radius 1 is 0.875 bits per heavy atom. The van der Waals surface area contributed by atoms with E-state index in [1.807, 2.05) is 0 Å². The Morgan fingerprint density at radius 2 is 1.48 bits per heavy atom. The van der Waals surface area contributed by atoms with Crippen LogP contribution in [0.1, 0.15) is 137 Å². The van der Waals surface area contributed by atoms with E-state index in [-0.39, 0.29) is 71.6 Å². The first-order chi connectivity index (χ1) is 23.1. The molecule has 276 valence electrons. The van der Waals surface area contributed by atoms with Crippen LogP contribution in [0.2, 0.25) is 0 Å². The number of carbonyl (C=O) groups excluding carboxylic acids is 2. The van der Waals surface area contributed by atoms with Gasteiger partial charge in [-0.15, -0.1) is 0 Å². The van der Waals surface area contributed by atoms with E-state index in [0.29, 0.717) is 12.8 Å². The van der Waals surface area contributed by atoms with E-state index in [2.05, 4.69) is 40.7 Å². The molecule has 10 unspecified atom stereocenters. The van der Waals surface area contributed by atoms with Gasteiger partial charge in [-0.25, -0.2) is 0 Å². The first-order valence-electron chi connectivity index (χ1n) is 19.1. The molecule has 2 heterocycles. The van der Waals surface area contributed by atoms with Gasteiger partial charge in [-0.05, 0) is 85.5 Å². The number of carbonyl (C=O) groups is 2. The number of epoxide rings is 2. The van der Waals surface area contributed by atoms with Gasteiger partial charge in [0.1, 0.15) is 29.5 Å². The highest BCUT2D eigenvalue weighted by Gasteiger charge is 2.72. The number of esters is 2. The van der Waals surface area contributed by atoms with Gasteiger partial charge >= 0.3 is 11.9 Å². The average Bonchev–Trinajstić information content (AvgIpc) is 3.98. The molecule has 0 aromatic rings. The Balaban J connectivity index is 1.09. The van der Waals surface area contributed by atoms with Crippen LogP contribution >= 0.6 is 0 Å². The fourth-order valence-corrected chi connectivity index (χ4v) is 8.42. The molecule has 48 heavy (non-hydrogen) atoms. The maximum absolute atomic E-state index is 12.9. The van der Waals surface area contributed by atoms with Crippen molar-refractivity contribution in [3.8, 4) is 0 Å².